The summed E-state index contributed by atoms with van der Waals surface area (Å²) in [5.74, 6) is -0.851. The van der Waals surface area contributed by atoms with E-state index in [1.165, 1.54) is 103 Å². The largest absolute Gasteiger partial charge is 0.780 e. The Morgan fingerprint density at radius 3 is 1.28 bits per heavy atom. The van der Waals surface area contributed by atoms with Gasteiger partial charge in [0.1, 0.15) is 147 Å². The molecule has 62 nitrogen and oxygen atoms in total. The molecule has 6 aliphatic heterocycles. The maximum absolute atomic E-state index is 15.6. The number of nitrogens with two attached hydrogens (primary N) is 5. The van der Waals surface area contributed by atoms with E-state index in [2.05, 4.69) is 72.1 Å². The molecule has 9 aromatic rings. The second kappa shape index (κ2) is 47.7. The number of fused-ring (bicyclic) bond motifs is 3. The molecule has 0 radical (unpaired) electrons. The topological polar surface area (TPSA) is 804 Å². The lowest BCUT2D eigenvalue weighted by Crippen LogP contribution is -2.41. The summed E-state index contributed by atoms with van der Waals surface area (Å²) in [5.41, 5.74) is 26.6. The number of hydrogen-bond acceptors (Lipinski definition) is 54. The highest BCUT2D eigenvalue weighted by Crippen LogP contribution is 2.60. The molecular formula is C75H106N23O39P5S3-2. The molecule has 0 saturated carbocycles. The summed E-state index contributed by atoms with van der Waals surface area (Å²) < 4.78 is 209. The SMILES string of the molecule is COCCO[C@H]1C(O)[C@@H](COP([O-])(=S)OC2[C@@H](COP(=O)(S)OC3[C@@H](COP(=O)(O)OC4[C@@H](COP(=O)(O)OC5[C@@H](COP([O-])(=S)OC6C[C@H](n7cnc8c(N)ncnc87)O[C@@H]6C)O[C@@H](n6cnc7c(=O)[nH]c(N)nc76)[C@H]5OCCOC)O[C@@H](n5cc(C)c(N)nc5=O)[C@H]4OCCOC)O[C@@H](n4cc(C)c(N)nc4=O)[C@H]3OCCOC)O[C@@H](n3cnc4c(N)ncnc43)[C@H]2OCCOC)O[C@H]1n1cc(C)c(=O)[nH]c1=O. The molecule has 0 aliphatic carbocycles. The number of rotatable bonds is 51. The monoisotopic (exact) mass is 2200 g/mol. The van der Waals surface area contributed by atoms with Crippen LogP contribution >= 0.6 is 48.1 Å². The van der Waals surface area contributed by atoms with Gasteiger partial charge < -0.3 is 147 Å². The first kappa shape index (κ1) is 111. The molecule has 0 aromatic carbocycles. The lowest BCUT2D eigenvalue weighted by atomic mass is 10.1. The standard InChI is InChI=1S/C75H108N23O39P5S3/c1-34-21-93(73(102)88-58(34)76)68-54(118-16-11-113-6)49(40(129-68)25-122-138(105,106)135-50-42(131-71(55(50)119-17-12-114-7)98-33-87-47-64(98)90-72(80)91-66(47)101)27-125-140(109,143)133-38-20-44(127-37(38)4)96-31-85-45-60(78)81-29-83-62(45)96)134-139(107,108)123-26-41-51(56(120-18-13-115-8)69(130-41)94-22-35(2)59(77)89-74(94)103)136-142(111,145)126-28-43-52(57(121-19-14-116-9)70(132-43)97-32-86-46-61(79)82-30-84-63(46)97)137-141(110,144)124-24-39-48(99)53(117-15-10-112-5)67(128-39)95-23-36(3)65(100)92-75(95)104/h21-23,29-33,37-44,48-57,67-71,99H,10-20,24-28H2,1-9H3,(H,105,106)(H,107,108)(H,109,143)(H,110,144)(H,111,145)(H2,76,88,102)(H2,77,89,103)(H2,78,81,83)(H2,79,82,84)(H,92,100,104)(H3,80,90,91,101)/p-2/t37-,38?,39-,40-,41-,42-,43-,44-,48?,49?,50?,51?,52?,53+,54+,55+,56+,57+,67-,68-,69-,70-,71-,140?,141?,142?/m1/s1. The maximum Gasteiger partial charge on any atom is 0.472 e. The second-order valence-corrected chi connectivity index (χ2v) is 44.2. The summed E-state index contributed by atoms with van der Waals surface area (Å²) >= 11 is 15.5. The Hall–Kier alpha value is -8.01. The Morgan fingerprint density at radius 2 is 0.807 bits per heavy atom. The molecule has 70 heteroatoms. The van der Waals surface area contributed by atoms with Gasteiger partial charge in [-0.2, -0.15) is 15.0 Å². The number of aliphatic hydroxyl groups excluding tert-OH is 1. The van der Waals surface area contributed by atoms with Crippen LogP contribution in [-0.4, -0.2) is 341 Å². The maximum atomic E-state index is 15.6. The first-order chi connectivity index (χ1) is 69.0. The summed E-state index contributed by atoms with van der Waals surface area (Å²) in [6.07, 6.45) is -27.6. The summed E-state index contributed by atoms with van der Waals surface area (Å²) in [5, 5.41) is 11.8. The highest BCUT2D eigenvalue weighted by molar-refractivity contribution is 8.44. The van der Waals surface area contributed by atoms with Crippen LogP contribution in [0.25, 0.3) is 33.5 Å². The second-order valence-electron chi connectivity index (χ2n) is 33.1. The Kier molecular flexibility index (Phi) is 36.5. The minimum atomic E-state index is -5.96. The highest BCUT2D eigenvalue weighted by Gasteiger charge is 2.58. The molecule has 6 saturated heterocycles. The smallest absolute Gasteiger partial charge is 0.472 e. The van der Waals surface area contributed by atoms with Crippen molar-refractivity contribution in [2.45, 2.75) is 175 Å². The number of aryl methyl sites for hydroxylation is 3. The quantitative estimate of drug-likeness (QED) is 0.0106. The van der Waals surface area contributed by atoms with Crippen molar-refractivity contribution in [2.24, 2.45) is 0 Å². The number of nitrogens with zero attached hydrogens (tertiary/aromatic N) is 16. The lowest BCUT2D eigenvalue weighted by Gasteiger charge is -2.35. The number of aromatic nitrogens is 18. The molecule has 0 bridgehead atoms. The van der Waals surface area contributed by atoms with Gasteiger partial charge in [0.15, 0.2) is 65.2 Å². The van der Waals surface area contributed by atoms with Crippen LogP contribution in [0.1, 0.15) is 67.4 Å². The predicted octanol–water partition coefficient (Wildman–Crippen LogP) is -2.57. The van der Waals surface area contributed by atoms with Crippen LogP contribution in [0.3, 0.4) is 0 Å². The number of imidazole rings is 3. The van der Waals surface area contributed by atoms with E-state index in [-0.39, 0.29) is 140 Å². The molecule has 0 amide bonds. The predicted molar refractivity (Wildman–Crippen MR) is 500 cm³/mol. The van der Waals surface area contributed by atoms with Crippen molar-refractivity contribution in [3.05, 3.63) is 119 Å². The van der Waals surface area contributed by atoms with Gasteiger partial charge in [-0.15, -0.1) is 0 Å². The first-order valence-corrected chi connectivity index (χ1v) is 54.8. The number of methoxy groups -OCH3 is 5. The zero-order chi connectivity index (χ0) is 104. The number of phosphoric acid groups is 2. The van der Waals surface area contributed by atoms with Crippen molar-refractivity contribution in [1.82, 2.24) is 87.2 Å². The number of H-pyrrole nitrogens is 2. The number of nitrogens with one attached hydrogen (secondary N) is 2. The molecule has 28 atom stereocenters. The Morgan fingerprint density at radius 1 is 0.428 bits per heavy atom. The normalized spacial score (nSPS) is 29.2. The van der Waals surface area contributed by atoms with Crippen LogP contribution in [0, 0.1) is 20.8 Å². The van der Waals surface area contributed by atoms with Gasteiger partial charge in [0.25, 0.3) is 11.1 Å². The summed E-state index contributed by atoms with van der Waals surface area (Å²) in [6.45, 7) is -16.5. The number of nitrogen functional groups attached to an aromatic ring is 5. The van der Waals surface area contributed by atoms with E-state index in [1.807, 2.05) is 0 Å². The molecule has 15 N–H and O–H groups in total. The molecule has 6 aliphatic rings. The fraction of sp³-hybridized carbons (Fsp3) is 0.640. The van der Waals surface area contributed by atoms with E-state index in [0.29, 0.717) is 5.65 Å². The zero-order valence-corrected chi connectivity index (χ0v) is 85.3. The summed E-state index contributed by atoms with van der Waals surface area (Å²) in [4.78, 5) is 168. The van der Waals surface area contributed by atoms with Gasteiger partial charge in [-0.3, -0.25) is 74.1 Å². The van der Waals surface area contributed by atoms with Crippen LogP contribution in [0.2, 0.25) is 0 Å². The van der Waals surface area contributed by atoms with Crippen LogP contribution in [0.15, 0.2) is 74.2 Å². The van der Waals surface area contributed by atoms with E-state index < -0.39 is 245 Å². The van der Waals surface area contributed by atoms with Crippen LogP contribution < -0.4 is 66.6 Å². The van der Waals surface area contributed by atoms with Crippen molar-refractivity contribution >= 4 is 134 Å². The molecular weight excluding hydrogens is 2100 g/mol. The number of phosphoric ester groups is 2. The molecule has 11 unspecified atom stereocenters. The first-order valence-electron chi connectivity index (χ1n) is 44.0. The van der Waals surface area contributed by atoms with Crippen molar-refractivity contribution in [1.29, 1.82) is 0 Å². The fourth-order valence-corrected chi connectivity index (χ4v) is 22.8. The third kappa shape index (κ3) is 25.9. The van der Waals surface area contributed by atoms with Crippen molar-refractivity contribution < 1.29 is 159 Å². The Bertz CT molecular complexity index is 6620. The van der Waals surface area contributed by atoms with E-state index in [9.17, 15) is 43.8 Å². The van der Waals surface area contributed by atoms with Gasteiger partial charge in [0.05, 0.1) is 130 Å². The molecule has 0 spiro atoms. The molecule has 15 rings (SSSR count). The number of ether oxygens (including phenoxy) is 16. The molecule has 145 heavy (non-hydrogen) atoms. The van der Waals surface area contributed by atoms with Gasteiger partial charge in [-0.25, -0.2) is 63.0 Å². The minimum Gasteiger partial charge on any atom is -0.780 e. The van der Waals surface area contributed by atoms with E-state index >= 15 is 18.6 Å². The van der Waals surface area contributed by atoms with Gasteiger partial charge in [0, 0.05) is 77.3 Å². The number of hydrogen-bond donors (Lipinski definition) is 11. The zero-order valence-electron chi connectivity index (χ0n) is 78.3. The third-order valence-electron chi connectivity index (χ3n) is 23.5. The average molecular weight is 2200 g/mol. The summed E-state index contributed by atoms with van der Waals surface area (Å²) in [6, 6.07) is 0. The van der Waals surface area contributed by atoms with Gasteiger partial charge >= 0.3 is 39.5 Å². The van der Waals surface area contributed by atoms with E-state index in [1.54, 1.807) is 11.5 Å². The Labute approximate surface area is 834 Å². The van der Waals surface area contributed by atoms with Gasteiger partial charge in [-0.1, -0.05) is 35.9 Å². The van der Waals surface area contributed by atoms with Crippen LogP contribution in [0.5, 0.6) is 0 Å². The van der Waals surface area contributed by atoms with Gasteiger partial charge in [-0.05, 0) is 27.7 Å². The van der Waals surface area contributed by atoms with Crippen molar-refractivity contribution in [2.75, 3.05) is 163 Å². The van der Waals surface area contributed by atoms with E-state index in [4.69, 9.17) is 173 Å². The van der Waals surface area contributed by atoms with Crippen LogP contribution in [-0.2, 0) is 158 Å². The average Bonchev–Trinajstić information content (AvgIpc) is 1.60. The van der Waals surface area contributed by atoms with Crippen molar-refractivity contribution in [3.8, 4) is 0 Å². The number of aromatic amines is 2. The highest BCUT2D eigenvalue weighted by atomic mass is 32.7. The minimum absolute atomic E-state index is 0.00149. The van der Waals surface area contributed by atoms with Crippen molar-refractivity contribution in [3.63, 3.8) is 0 Å². The van der Waals surface area contributed by atoms with E-state index in [0.717, 1.165) is 26.4 Å². The number of anilines is 5. The number of aliphatic hydroxyl groups is 1. The van der Waals surface area contributed by atoms with Crippen LogP contribution in [0.4, 0.5) is 29.2 Å². The molecule has 9 aromatic heterocycles. The number of thiol groups is 1. The van der Waals surface area contributed by atoms with Gasteiger partial charge in [0.2, 0.25) is 5.95 Å². The summed E-state index contributed by atoms with van der Waals surface area (Å²) in [7, 11) is -5.11. The molecule has 6 fully saturated rings. The fourth-order valence-electron chi connectivity index (χ4n) is 16.5. The lowest BCUT2D eigenvalue weighted by molar-refractivity contribution is -0.219. The molecule has 15 heterocycles. The molecule has 800 valence electrons. The third-order valence-corrected chi connectivity index (χ3v) is 30.1. The Balaban J connectivity index is 0.717.